The third-order valence-corrected chi connectivity index (χ3v) is 10.8. The number of anilines is 3. The number of fused-ring (bicyclic) bond motifs is 12. The summed E-state index contributed by atoms with van der Waals surface area (Å²) in [5, 5.41) is 11.0. The van der Waals surface area contributed by atoms with E-state index in [1.54, 1.807) is 0 Å². The number of oxazole rings is 1. The van der Waals surface area contributed by atoms with Crippen LogP contribution < -0.4 is 4.90 Å². The molecule has 0 fully saturated rings. The van der Waals surface area contributed by atoms with Crippen molar-refractivity contribution >= 4 is 104 Å². The van der Waals surface area contributed by atoms with Crippen LogP contribution in [0.25, 0.3) is 98.7 Å². The molecule has 252 valence electrons. The Hall–Kier alpha value is -7.37. The van der Waals surface area contributed by atoms with Crippen molar-refractivity contribution in [2.24, 2.45) is 0 Å². The fourth-order valence-corrected chi connectivity index (χ4v) is 8.30. The molecule has 12 aromatic rings. The molecule has 5 heteroatoms. The molecule has 0 atom stereocenters. The molecule has 3 heterocycles. The summed E-state index contributed by atoms with van der Waals surface area (Å²) in [5.41, 5.74) is 8.79. The zero-order valence-electron chi connectivity index (χ0n) is 28.8. The van der Waals surface area contributed by atoms with Crippen LogP contribution in [-0.4, -0.2) is 4.98 Å². The molecule has 0 bridgehead atoms. The Morgan fingerprint density at radius 2 is 0.981 bits per heavy atom. The van der Waals surface area contributed by atoms with Crippen molar-refractivity contribution in [3.8, 4) is 11.5 Å². The summed E-state index contributed by atoms with van der Waals surface area (Å²) >= 11 is 0. The van der Waals surface area contributed by atoms with Crippen molar-refractivity contribution in [2.45, 2.75) is 0 Å². The molecule has 0 aliphatic rings. The first-order chi connectivity index (χ1) is 26.7. The molecule has 3 aromatic heterocycles. The fourth-order valence-electron chi connectivity index (χ4n) is 8.30. The Morgan fingerprint density at radius 3 is 1.80 bits per heavy atom. The monoisotopic (exact) mass is 692 g/mol. The average molecular weight is 693 g/mol. The Bertz CT molecular complexity index is 3480. The average Bonchev–Trinajstić information content (AvgIpc) is 3.94. The van der Waals surface area contributed by atoms with Gasteiger partial charge in [0.05, 0.1) is 0 Å². The SMILES string of the molecule is c1ccc2cc(N(c3ccc4c(c3)oc3c5ccccc5ccc43)c3ccc4c(c3)oc3cccc(-c5nc6ccc7ccccc7c6o5)c34)ccc2c1. The van der Waals surface area contributed by atoms with Gasteiger partial charge in [-0.25, -0.2) is 4.98 Å². The van der Waals surface area contributed by atoms with Crippen LogP contribution in [-0.2, 0) is 0 Å². The molecule has 0 aliphatic carbocycles. The zero-order chi connectivity index (χ0) is 35.3. The van der Waals surface area contributed by atoms with Gasteiger partial charge in [0.2, 0.25) is 5.89 Å². The highest BCUT2D eigenvalue weighted by Crippen LogP contribution is 2.44. The maximum atomic E-state index is 6.65. The number of rotatable bonds is 4. The minimum atomic E-state index is 0.573. The number of nitrogens with zero attached hydrogens (tertiary/aromatic N) is 2. The molecule has 0 unspecified atom stereocenters. The molecular weight excluding hydrogens is 665 g/mol. The van der Waals surface area contributed by atoms with Gasteiger partial charge in [-0.3, -0.25) is 0 Å². The molecule has 12 rings (SSSR count). The Kier molecular flexibility index (Phi) is 5.99. The molecule has 0 amide bonds. The van der Waals surface area contributed by atoms with E-state index in [1.807, 2.05) is 30.3 Å². The topological polar surface area (TPSA) is 55.6 Å². The lowest BCUT2D eigenvalue weighted by Crippen LogP contribution is -2.09. The van der Waals surface area contributed by atoms with Gasteiger partial charge >= 0.3 is 0 Å². The van der Waals surface area contributed by atoms with Crippen LogP contribution in [0.4, 0.5) is 17.1 Å². The first-order valence-electron chi connectivity index (χ1n) is 18.1. The van der Waals surface area contributed by atoms with Crippen molar-refractivity contribution in [1.82, 2.24) is 4.98 Å². The van der Waals surface area contributed by atoms with E-state index in [9.17, 15) is 0 Å². The third kappa shape index (κ3) is 4.30. The van der Waals surface area contributed by atoms with Gasteiger partial charge in [0.25, 0.3) is 0 Å². The van der Waals surface area contributed by atoms with E-state index in [-0.39, 0.29) is 0 Å². The van der Waals surface area contributed by atoms with Crippen LogP contribution in [0.5, 0.6) is 0 Å². The Labute approximate surface area is 307 Å². The lowest BCUT2D eigenvalue weighted by molar-refractivity contribution is 0.623. The second-order valence-electron chi connectivity index (χ2n) is 13.9. The third-order valence-electron chi connectivity index (χ3n) is 10.8. The smallest absolute Gasteiger partial charge is 0.228 e. The molecule has 0 saturated heterocycles. The fraction of sp³-hybridized carbons (Fsp3) is 0. The van der Waals surface area contributed by atoms with Crippen LogP contribution in [0.2, 0.25) is 0 Å². The summed E-state index contributed by atoms with van der Waals surface area (Å²) in [7, 11) is 0. The molecule has 9 aromatic carbocycles. The van der Waals surface area contributed by atoms with Gasteiger partial charge < -0.3 is 18.2 Å². The van der Waals surface area contributed by atoms with Crippen LogP contribution in [0.15, 0.2) is 183 Å². The van der Waals surface area contributed by atoms with Gasteiger partial charge in [-0.15, -0.1) is 0 Å². The maximum Gasteiger partial charge on any atom is 0.228 e. The van der Waals surface area contributed by atoms with E-state index < -0.39 is 0 Å². The predicted octanol–water partition coefficient (Wildman–Crippen LogP) is 14.2. The van der Waals surface area contributed by atoms with Crippen molar-refractivity contribution in [3.05, 3.63) is 170 Å². The molecule has 54 heavy (non-hydrogen) atoms. The highest BCUT2D eigenvalue weighted by atomic mass is 16.4. The van der Waals surface area contributed by atoms with Crippen molar-refractivity contribution in [3.63, 3.8) is 0 Å². The molecule has 0 saturated carbocycles. The normalized spacial score (nSPS) is 12.1. The summed E-state index contributed by atoms with van der Waals surface area (Å²) in [4.78, 5) is 7.23. The summed E-state index contributed by atoms with van der Waals surface area (Å²) < 4.78 is 19.8. The van der Waals surface area contributed by atoms with E-state index >= 15 is 0 Å². The predicted molar refractivity (Wildman–Crippen MR) is 221 cm³/mol. The standard InChI is InChI=1S/C49H28N2O3/c1-2-11-32-26-33(19-16-29(32)8-1)51(34-20-23-38-39-22-17-30-9-3-5-12-36(30)47(39)53-44(38)27-34)35-21-24-40-45(28-35)52-43-15-7-14-41(46(40)43)49-50-42-25-18-31-10-4-6-13-37(31)48(42)54-49/h1-28H. The number of hydrogen-bond acceptors (Lipinski definition) is 5. The van der Waals surface area contributed by atoms with Gasteiger partial charge in [-0.05, 0) is 82.2 Å². The molecule has 0 radical (unpaired) electrons. The van der Waals surface area contributed by atoms with Gasteiger partial charge in [-0.1, -0.05) is 97.1 Å². The van der Waals surface area contributed by atoms with Crippen molar-refractivity contribution < 1.29 is 13.3 Å². The van der Waals surface area contributed by atoms with E-state index in [2.05, 4.69) is 144 Å². The van der Waals surface area contributed by atoms with E-state index in [4.69, 9.17) is 18.2 Å². The van der Waals surface area contributed by atoms with E-state index in [1.165, 1.54) is 5.39 Å². The van der Waals surface area contributed by atoms with Crippen molar-refractivity contribution in [1.29, 1.82) is 0 Å². The molecule has 0 aliphatic heterocycles. The van der Waals surface area contributed by atoms with Gasteiger partial charge in [0.1, 0.15) is 27.8 Å². The number of benzene rings is 9. The highest BCUT2D eigenvalue weighted by molar-refractivity contribution is 6.16. The first kappa shape index (κ1) is 29.2. The van der Waals surface area contributed by atoms with Crippen molar-refractivity contribution in [2.75, 3.05) is 4.90 Å². The van der Waals surface area contributed by atoms with Gasteiger partial charge in [0, 0.05) is 67.1 Å². The quantitative estimate of drug-likeness (QED) is 0.184. The summed E-state index contributed by atoms with van der Waals surface area (Å²) in [5.74, 6) is 0.573. The lowest BCUT2D eigenvalue weighted by atomic mass is 10.0. The van der Waals surface area contributed by atoms with Gasteiger partial charge in [0.15, 0.2) is 5.58 Å². The minimum Gasteiger partial charge on any atom is -0.456 e. The summed E-state index contributed by atoms with van der Waals surface area (Å²) in [6.45, 7) is 0. The van der Waals surface area contributed by atoms with E-state index in [0.717, 1.165) is 105 Å². The molecule has 0 spiro atoms. The zero-order valence-corrected chi connectivity index (χ0v) is 28.8. The van der Waals surface area contributed by atoms with Crippen LogP contribution >= 0.6 is 0 Å². The second-order valence-corrected chi connectivity index (χ2v) is 13.9. The summed E-state index contributed by atoms with van der Waals surface area (Å²) in [6, 6.07) is 59.2. The highest BCUT2D eigenvalue weighted by Gasteiger charge is 2.21. The Balaban J connectivity index is 1.04. The van der Waals surface area contributed by atoms with Gasteiger partial charge in [-0.2, -0.15) is 0 Å². The number of hydrogen-bond donors (Lipinski definition) is 0. The van der Waals surface area contributed by atoms with Crippen LogP contribution in [0, 0.1) is 0 Å². The Morgan fingerprint density at radius 1 is 0.370 bits per heavy atom. The number of aromatic nitrogens is 1. The lowest BCUT2D eigenvalue weighted by Gasteiger charge is -2.25. The molecule has 0 N–H and O–H groups in total. The molecule has 5 nitrogen and oxygen atoms in total. The molecular formula is C49H28N2O3. The van der Waals surface area contributed by atoms with Crippen LogP contribution in [0.3, 0.4) is 0 Å². The van der Waals surface area contributed by atoms with E-state index in [0.29, 0.717) is 5.89 Å². The summed E-state index contributed by atoms with van der Waals surface area (Å²) in [6.07, 6.45) is 0. The maximum absolute atomic E-state index is 6.65. The number of furan rings is 2. The van der Waals surface area contributed by atoms with Crippen LogP contribution in [0.1, 0.15) is 0 Å². The minimum absolute atomic E-state index is 0.573. The first-order valence-corrected chi connectivity index (χ1v) is 18.1. The second kappa shape index (κ2) is 11.1. The largest absolute Gasteiger partial charge is 0.456 e.